The highest BCUT2D eigenvalue weighted by molar-refractivity contribution is 7.89. The van der Waals surface area contributed by atoms with Gasteiger partial charge in [-0.05, 0) is 56.0 Å². The van der Waals surface area contributed by atoms with Gasteiger partial charge in [0, 0.05) is 37.8 Å². The number of hydrogen-bond donors (Lipinski definition) is 1. The number of rotatable bonds is 5. The highest BCUT2D eigenvalue weighted by Gasteiger charge is 2.29. The van der Waals surface area contributed by atoms with Gasteiger partial charge in [0.15, 0.2) is 5.76 Å². The Balaban J connectivity index is 1.36. The van der Waals surface area contributed by atoms with Gasteiger partial charge in [0.25, 0.3) is 11.8 Å². The van der Waals surface area contributed by atoms with Crippen molar-refractivity contribution in [2.45, 2.75) is 36.6 Å². The van der Waals surface area contributed by atoms with Crippen molar-refractivity contribution in [1.82, 2.24) is 14.5 Å². The SMILES string of the molecule is O=C(NC1CCN(C(=O)c2ccco2)CC1)c1cccc(S(=O)(=O)N2CCCC2)c1. The molecule has 2 saturated heterocycles. The third kappa shape index (κ3) is 4.27. The van der Waals surface area contributed by atoms with Gasteiger partial charge in [-0.15, -0.1) is 0 Å². The summed E-state index contributed by atoms with van der Waals surface area (Å²) in [4.78, 5) is 26.9. The third-order valence-corrected chi connectivity index (χ3v) is 7.54. The Morgan fingerprint density at radius 2 is 1.73 bits per heavy atom. The molecule has 2 aromatic rings. The highest BCUT2D eigenvalue weighted by Crippen LogP contribution is 2.22. The maximum Gasteiger partial charge on any atom is 0.289 e. The molecule has 4 rings (SSSR count). The van der Waals surface area contributed by atoms with E-state index in [1.807, 2.05) is 0 Å². The molecule has 0 radical (unpaired) electrons. The molecule has 1 aromatic carbocycles. The maximum absolute atomic E-state index is 12.7. The van der Waals surface area contributed by atoms with Gasteiger partial charge < -0.3 is 14.6 Å². The van der Waals surface area contributed by atoms with Crippen LogP contribution in [0.4, 0.5) is 0 Å². The van der Waals surface area contributed by atoms with Crippen LogP contribution in [-0.2, 0) is 10.0 Å². The fraction of sp³-hybridized carbons (Fsp3) is 0.429. The number of amides is 2. The van der Waals surface area contributed by atoms with E-state index in [9.17, 15) is 18.0 Å². The van der Waals surface area contributed by atoms with Gasteiger partial charge >= 0.3 is 0 Å². The van der Waals surface area contributed by atoms with Gasteiger partial charge in [0.2, 0.25) is 10.0 Å². The topological polar surface area (TPSA) is 99.9 Å². The molecule has 2 aliphatic heterocycles. The van der Waals surface area contributed by atoms with E-state index in [0.717, 1.165) is 12.8 Å². The van der Waals surface area contributed by atoms with Crippen LogP contribution in [-0.4, -0.2) is 61.7 Å². The van der Waals surface area contributed by atoms with Crippen LogP contribution in [0, 0.1) is 0 Å². The summed E-state index contributed by atoms with van der Waals surface area (Å²) in [6, 6.07) is 9.44. The molecular weight excluding hydrogens is 406 g/mol. The van der Waals surface area contributed by atoms with Crippen molar-refractivity contribution >= 4 is 21.8 Å². The summed E-state index contributed by atoms with van der Waals surface area (Å²) in [5.74, 6) is -0.137. The molecule has 1 N–H and O–H groups in total. The first kappa shape index (κ1) is 20.6. The van der Waals surface area contributed by atoms with E-state index in [-0.39, 0.29) is 22.8 Å². The van der Waals surface area contributed by atoms with Crippen molar-refractivity contribution in [3.05, 3.63) is 54.0 Å². The summed E-state index contributed by atoms with van der Waals surface area (Å²) in [7, 11) is -3.57. The number of hydrogen-bond acceptors (Lipinski definition) is 5. The number of nitrogens with zero attached hydrogens (tertiary/aromatic N) is 2. The zero-order valence-electron chi connectivity index (χ0n) is 16.6. The molecule has 0 bridgehead atoms. The van der Waals surface area contributed by atoms with E-state index >= 15 is 0 Å². The van der Waals surface area contributed by atoms with Gasteiger partial charge in [-0.1, -0.05) is 6.07 Å². The molecule has 0 unspecified atom stereocenters. The lowest BCUT2D eigenvalue weighted by Crippen LogP contribution is -2.46. The minimum absolute atomic E-state index is 0.0722. The Labute approximate surface area is 175 Å². The summed E-state index contributed by atoms with van der Waals surface area (Å²) < 4.78 is 32.1. The zero-order valence-corrected chi connectivity index (χ0v) is 17.4. The van der Waals surface area contributed by atoms with E-state index in [1.165, 1.54) is 22.7 Å². The first-order valence-electron chi connectivity index (χ1n) is 10.2. The summed E-state index contributed by atoms with van der Waals surface area (Å²) in [6.07, 6.45) is 4.45. The summed E-state index contributed by atoms with van der Waals surface area (Å²) >= 11 is 0. The van der Waals surface area contributed by atoms with Gasteiger partial charge in [0.1, 0.15) is 0 Å². The predicted octanol–water partition coefficient (Wildman–Crippen LogP) is 2.10. The molecule has 0 spiro atoms. The van der Waals surface area contributed by atoms with Crippen molar-refractivity contribution in [1.29, 1.82) is 0 Å². The van der Waals surface area contributed by atoms with Crippen LogP contribution in [0.15, 0.2) is 52.0 Å². The average Bonchev–Trinajstić information content (AvgIpc) is 3.48. The van der Waals surface area contributed by atoms with E-state index in [0.29, 0.717) is 50.3 Å². The molecule has 0 aliphatic carbocycles. The second-order valence-electron chi connectivity index (χ2n) is 7.66. The molecule has 2 aliphatic rings. The monoisotopic (exact) mass is 431 g/mol. The number of furan rings is 1. The molecule has 9 heteroatoms. The molecule has 0 atom stereocenters. The third-order valence-electron chi connectivity index (χ3n) is 5.65. The lowest BCUT2D eigenvalue weighted by Gasteiger charge is -2.31. The van der Waals surface area contributed by atoms with E-state index < -0.39 is 10.0 Å². The number of sulfonamides is 1. The Hall–Kier alpha value is -2.65. The summed E-state index contributed by atoms with van der Waals surface area (Å²) in [5.41, 5.74) is 0.323. The fourth-order valence-corrected chi connectivity index (χ4v) is 5.49. The van der Waals surface area contributed by atoms with Gasteiger partial charge in [-0.2, -0.15) is 4.31 Å². The zero-order chi connectivity index (χ0) is 21.1. The summed E-state index contributed by atoms with van der Waals surface area (Å²) in [5, 5.41) is 2.97. The first-order chi connectivity index (χ1) is 14.4. The number of nitrogens with one attached hydrogen (secondary N) is 1. The molecule has 1 aromatic heterocycles. The molecule has 2 fully saturated rings. The largest absolute Gasteiger partial charge is 0.459 e. The maximum atomic E-state index is 12.7. The molecule has 3 heterocycles. The van der Waals surface area contributed by atoms with E-state index in [2.05, 4.69) is 5.32 Å². The van der Waals surface area contributed by atoms with Crippen LogP contribution in [0.2, 0.25) is 0 Å². The van der Waals surface area contributed by atoms with Crippen molar-refractivity contribution in [3.8, 4) is 0 Å². The molecule has 2 amide bonds. The number of likely N-dealkylation sites (tertiary alicyclic amines) is 1. The number of carbonyl (C=O) groups excluding carboxylic acids is 2. The van der Waals surface area contributed by atoms with Crippen LogP contribution in [0.1, 0.15) is 46.6 Å². The minimum atomic E-state index is -3.57. The molecular formula is C21H25N3O5S. The fourth-order valence-electron chi connectivity index (χ4n) is 3.93. The Kier molecular flexibility index (Phi) is 5.92. The van der Waals surface area contributed by atoms with Gasteiger partial charge in [-0.3, -0.25) is 9.59 Å². The lowest BCUT2D eigenvalue weighted by atomic mass is 10.0. The van der Waals surface area contributed by atoms with Crippen LogP contribution in [0.25, 0.3) is 0 Å². The van der Waals surface area contributed by atoms with E-state index in [4.69, 9.17) is 4.42 Å². The second kappa shape index (κ2) is 8.61. The van der Waals surface area contributed by atoms with Crippen molar-refractivity contribution in [2.75, 3.05) is 26.2 Å². The van der Waals surface area contributed by atoms with Crippen molar-refractivity contribution in [2.24, 2.45) is 0 Å². The number of benzene rings is 1. The molecule has 30 heavy (non-hydrogen) atoms. The van der Waals surface area contributed by atoms with Gasteiger partial charge in [-0.25, -0.2) is 8.42 Å². The quantitative estimate of drug-likeness (QED) is 0.782. The summed E-state index contributed by atoms with van der Waals surface area (Å²) in [6.45, 7) is 2.09. The molecule has 0 saturated carbocycles. The van der Waals surface area contributed by atoms with Gasteiger partial charge in [0.05, 0.1) is 11.2 Å². The van der Waals surface area contributed by atoms with Crippen LogP contribution < -0.4 is 5.32 Å². The lowest BCUT2D eigenvalue weighted by molar-refractivity contribution is 0.0667. The van der Waals surface area contributed by atoms with Crippen LogP contribution >= 0.6 is 0 Å². The predicted molar refractivity (Wildman–Crippen MR) is 110 cm³/mol. The first-order valence-corrected chi connectivity index (χ1v) is 11.6. The normalized spacial score (nSPS) is 18.5. The van der Waals surface area contributed by atoms with Crippen molar-refractivity contribution in [3.63, 3.8) is 0 Å². The van der Waals surface area contributed by atoms with E-state index in [1.54, 1.807) is 29.2 Å². The highest BCUT2D eigenvalue weighted by atomic mass is 32.2. The second-order valence-corrected chi connectivity index (χ2v) is 9.59. The molecule has 8 nitrogen and oxygen atoms in total. The Bertz CT molecular complexity index is 1010. The van der Waals surface area contributed by atoms with Crippen LogP contribution in [0.3, 0.4) is 0 Å². The number of carbonyl (C=O) groups is 2. The average molecular weight is 432 g/mol. The minimum Gasteiger partial charge on any atom is -0.459 e. The standard InChI is InChI=1S/C21H25N3O5S/c25-20(16-5-3-6-18(15-16)30(27,28)24-10-1-2-11-24)22-17-8-12-23(13-9-17)21(26)19-7-4-14-29-19/h3-7,14-15,17H,1-2,8-13H2,(H,22,25). The molecule has 160 valence electrons. The Morgan fingerprint density at radius 3 is 2.40 bits per heavy atom. The Morgan fingerprint density at radius 1 is 1.00 bits per heavy atom. The van der Waals surface area contributed by atoms with Crippen molar-refractivity contribution < 1.29 is 22.4 Å². The number of piperidine rings is 1. The smallest absolute Gasteiger partial charge is 0.289 e. The van der Waals surface area contributed by atoms with Crippen LogP contribution in [0.5, 0.6) is 0 Å².